The predicted octanol–water partition coefficient (Wildman–Crippen LogP) is 3.03. The molecular formula is C19H23ClN6O. The molecule has 0 atom stereocenters. The molecule has 0 spiro atoms. The van der Waals surface area contributed by atoms with Crippen LogP contribution in [0.3, 0.4) is 0 Å². The Morgan fingerprint density at radius 2 is 2.04 bits per heavy atom. The largest absolute Gasteiger partial charge is 0.357 e. The lowest BCUT2D eigenvalue weighted by atomic mass is 10.2. The van der Waals surface area contributed by atoms with E-state index in [1.54, 1.807) is 12.1 Å². The summed E-state index contributed by atoms with van der Waals surface area (Å²) >= 11 is 5.90. The minimum absolute atomic E-state index is 0.561. The van der Waals surface area contributed by atoms with Gasteiger partial charge in [-0.15, -0.1) is 0 Å². The molecule has 7 nitrogen and oxygen atoms in total. The Balaban J connectivity index is 1.53. The van der Waals surface area contributed by atoms with Gasteiger partial charge in [-0.2, -0.15) is 4.98 Å². The normalized spacial score (nSPS) is 11.6. The van der Waals surface area contributed by atoms with Crippen LogP contribution in [0.2, 0.25) is 5.02 Å². The first-order valence-corrected chi connectivity index (χ1v) is 9.23. The van der Waals surface area contributed by atoms with Crippen molar-refractivity contribution in [2.24, 2.45) is 12.0 Å². The monoisotopic (exact) mass is 386 g/mol. The third-order valence-corrected chi connectivity index (χ3v) is 4.11. The Labute approximate surface area is 163 Å². The fourth-order valence-electron chi connectivity index (χ4n) is 2.53. The summed E-state index contributed by atoms with van der Waals surface area (Å²) in [5.41, 5.74) is 2.04. The van der Waals surface area contributed by atoms with Crippen molar-refractivity contribution in [1.29, 1.82) is 0 Å². The van der Waals surface area contributed by atoms with E-state index in [4.69, 9.17) is 16.1 Å². The molecule has 0 bridgehead atoms. The summed E-state index contributed by atoms with van der Waals surface area (Å²) in [6, 6.07) is 9.41. The van der Waals surface area contributed by atoms with Gasteiger partial charge in [0.05, 0.1) is 6.54 Å². The van der Waals surface area contributed by atoms with E-state index < -0.39 is 0 Å². The summed E-state index contributed by atoms with van der Waals surface area (Å²) in [5.74, 6) is 1.90. The predicted molar refractivity (Wildman–Crippen MR) is 107 cm³/mol. The zero-order chi connectivity index (χ0) is 19.1. The highest BCUT2D eigenvalue weighted by Crippen LogP contribution is 2.18. The number of nitrogens with zero attached hydrogens (tertiary/aromatic N) is 4. The highest BCUT2D eigenvalue weighted by atomic mass is 35.5. The van der Waals surface area contributed by atoms with Gasteiger partial charge >= 0.3 is 0 Å². The maximum Gasteiger partial charge on any atom is 0.228 e. The Morgan fingerprint density at radius 1 is 1.22 bits per heavy atom. The van der Waals surface area contributed by atoms with Gasteiger partial charge in [0.25, 0.3) is 0 Å². The van der Waals surface area contributed by atoms with Gasteiger partial charge in [-0.25, -0.2) is 4.99 Å². The first-order chi connectivity index (χ1) is 13.1. The Hall–Kier alpha value is -2.80. The average molecular weight is 387 g/mol. The molecule has 3 rings (SSSR count). The van der Waals surface area contributed by atoms with Gasteiger partial charge in [-0.1, -0.05) is 16.8 Å². The van der Waals surface area contributed by atoms with Crippen LogP contribution in [0.25, 0.3) is 11.4 Å². The molecule has 0 aliphatic heterocycles. The smallest absolute Gasteiger partial charge is 0.228 e. The van der Waals surface area contributed by atoms with Gasteiger partial charge in [0.2, 0.25) is 11.7 Å². The van der Waals surface area contributed by atoms with Crippen molar-refractivity contribution < 1.29 is 4.52 Å². The first-order valence-electron chi connectivity index (χ1n) is 8.85. The lowest BCUT2D eigenvalue weighted by molar-refractivity contribution is 0.378. The third kappa shape index (κ3) is 5.59. The average Bonchev–Trinajstić information content (AvgIpc) is 3.29. The highest BCUT2D eigenvalue weighted by Gasteiger charge is 2.09. The minimum atomic E-state index is 0.561. The molecule has 3 aromatic rings. The number of guanidine groups is 1. The molecule has 0 fully saturated rings. The van der Waals surface area contributed by atoms with Crippen molar-refractivity contribution in [3.05, 3.63) is 59.2 Å². The topological polar surface area (TPSA) is 80.3 Å². The summed E-state index contributed by atoms with van der Waals surface area (Å²) in [5, 5.41) is 11.2. The van der Waals surface area contributed by atoms with Gasteiger partial charge < -0.3 is 19.7 Å². The molecule has 8 heteroatoms. The van der Waals surface area contributed by atoms with E-state index in [2.05, 4.69) is 38.0 Å². The van der Waals surface area contributed by atoms with Crippen molar-refractivity contribution in [3.63, 3.8) is 0 Å². The summed E-state index contributed by atoms with van der Waals surface area (Å²) in [7, 11) is 2.00. The number of hydrogen-bond donors (Lipinski definition) is 2. The van der Waals surface area contributed by atoms with Crippen molar-refractivity contribution in [3.8, 4) is 11.4 Å². The van der Waals surface area contributed by atoms with Crippen LogP contribution in [0.4, 0.5) is 0 Å². The van der Waals surface area contributed by atoms with Gasteiger partial charge in [0.15, 0.2) is 5.96 Å². The second-order valence-corrected chi connectivity index (χ2v) is 6.51. The van der Waals surface area contributed by atoms with Crippen LogP contribution in [0.5, 0.6) is 0 Å². The molecule has 2 heterocycles. The fraction of sp³-hybridized carbons (Fsp3) is 0.316. The number of aliphatic imine (C=N–C) groups is 1. The van der Waals surface area contributed by atoms with E-state index >= 15 is 0 Å². The molecule has 142 valence electrons. The van der Waals surface area contributed by atoms with Crippen LogP contribution in [0, 0.1) is 0 Å². The highest BCUT2D eigenvalue weighted by molar-refractivity contribution is 6.30. The maximum absolute atomic E-state index is 5.90. The summed E-state index contributed by atoms with van der Waals surface area (Å²) in [4.78, 5) is 9.02. The van der Waals surface area contributed by atoms with Gasteiger partial charge in [0, 0.05) is 49.5 Å². The first kappa shape index (κ1) is 19.0. The number of hydrogen-bond acceptors (Lipinski definition) is 4. The van der Waals surface area contributed by atoms with Crippen LogP contribution < -0.4 is 10.6 Å². The maximum atomic E-state index is 5.90. The third-order valence-electron chi connectivity index (χ3n) is 3.86. The van der Waals surface area contributed by atoms with E-state index in [9.17, 15) is 0 Å². The van der Waals surface area contributed by atoms with E-state index in [1.807, 2.05) is 36.9 Å². The molecule has 0 aliphatic rings. The fourth-order valence-corrected chi connectivity index (χ4v) is 2.65. The molecule has 1 aromatic carbocycles. The van der Waals surface area contributed by atoms with Crippen LogP contribution in [0.1, 0.15) is 18.4 Å². The SMILES string of the molecule is CCNC(=NCc1ccn(C)c1)NCCc1nc(-c2ccc(Cl)cc2)no1. The number of rotatable bonds is 7. The van der Waals surface area contributed by atoms with Crippen LogP contribution >= 0.6 is 11.6 Å². The standard InChI is InChI=1S/C19H23ClN6O/c1-3-21-19(23-12-14-9-11-26(2)13-14)22-10-8-17-24-18(25-27-17)15-4-6-16(20)7-5-15/h4-7,9,11,13H,3,8,10,12H2,1-2H3,(H2,21,22,23). The number of aryl methyl sites for hydroxylation is 1. The molecule has 0 saturated carbocycles. The van der Waals surface area contributed by atoms with Crippen LogP contribution in [0.15, 0.2) is 52.2 Å². The molecule has 2 aromatic heterocycles. The molecular weight excluding hydrogens is 364 g/mol. The van der Waals surface area contributed by atoms with Crippen molar-refractivity contribution in [2.45, 2.75) is 19.9 Å². The van der Waals surface area contributed by atoms with E-state index in [-0.39, 0.29) is 0 Å². The van der Waals surface area contributed by atoms with Crippen molar-refractivity contribution >= 4 is 17.6 Å². The van der Waals surface area contributed by atoms with E-state index in [0.29, 0.717) is 36.2 Å². The molecule has 2 N–H and O–H groups in total. The van der Waals surface area contributed by atoms with Gasteiger partial charge in [-0.3, -0.25) is 0 Å². The van der Waals surface area contributed by atoms with E-state index in [1.165, 1.54) is 5.56 Å². The lowest BCUT2D eigenvalue weighted by Gasteiger charge is -2.09. The number of aromatic nitrogens is 3. The Morgan fingerprint density at radius 3 is 2.74 bits per heavy atom. The second-order valence-electron chi connectivity index (χ2n) is 6.08. The van der Waals surface area contributed by atoms with Gasteiger partial charge in [0.1, 0.15) is 0 Å². The van der Waals surface area contributed by atoms with Crippen LogP contribution in [-0.2, 0) is 20.0 Å². The van der Waals surface area contributed by atoms with Crippen LogP contribution in [-0.4, -0.2) is 33.8 Å². The number of halogens is 1. The summed E-state index contributed by atoms with van der Waals surface area (Å²) in [6.07, 6.45) is 4.68. The number of benzene rings is 1. The van der Waals surface area contributed by atoms with Crippen molar-refractivity contribution in [1.82, 2.24) is 25.3 Å². The molecule has 0 aliphatic carbocycles. The van der Waals surface area contributed by atoms with Gasteiger partial charge in [-0.05, 0) is 42.8 Å². The quantitative estimate of drug-likeness (QED) is 0.482. The van der Waals surface area contributed by atoms with Crippen molar-refractivity contribution in [2.75, 3.05) is 13.1 Å². The molecule has 0 radical (unpaired) electrons. The Bertz CT molecular complexity index is 884. The molecule has 0 unspecified atom stereocenters. The summed E-state index contributed by atoms with van der Waals surface area (Å²) < 4.78 is 7.34. The number of nitrogens with one attached hydrogen (secondary N) is 2. The Kier molecular flexibility index (Phi) is 6.49. The minimum Gasteiger partial charge on any atom is -0.357 e. The zero-order valence-corrected chi connectivity index (χ0v) is 16.2. The molecule has 0 amide bonds. The molecule has 27 heavy (non-hydrogen) atoms. The summed E-state index contributed by atoms with van der Waals surface area (Å²) in [6.45, 7) is 4.10. The van der Waals surface area contributed by atoms with E-state index in [0.717, 1.165) is 18.1 Å². The molecule has 0 saturated heterocycles. The second kappa shape index (κ2) is 9.23. The zero-order valence-electron chi connectivity index (χ0n) is 15.4. The lowest BCUT2D eigenvalue weighted by Crippen LogP contribution is -2.38.